The predicted molar refractivity (Wildman–Crippen MR) is 112 cm³/mol. The minimum Gasteiger partial charge on any atom is -0.497 e. The number of aromatic nitrogens is 1. The minimum atomic E-state index is -0.159. The maximum Gasteiger partial charge on any atom is 0.229 e. The molecule has 1 aliphatic heterocycles. The fourth-order valence-corrected chi connectivity index (χ4v) is 3.75. The maximum absolute atomic E-state index is 13.1. The van der Waals surface area contributed by atoms with E-state index in [1.807, 2.05) is 54.4 Å². The van der Waals surface area contributed by atoms with Crippen LogP contribution >= 0.6 is 0 Å². The summed E-state index contributed by atoms with van der Waals surface area (Å²) in [5.74, 6) is 1.85. The molecule has 28 heavy (non-hydrogen) atoms. The molecule has 0 spiro atoms. The van der Waals surface area contributed by atoms with Crippen LogP contribution in [0.4, 0.5) is 5.82 Å². The molecule has 0 saturated carbocycles. The van der Waals surface area contributed by atoms with E-state index in [1.54, 1.807) is 7.11 Å². The number of anilines is 1. The van der Waals surface area contributed by atoms with E-state index in [-0.39, 0.29) is 11.8 Å². The number of carbonyl (C=O) groups is 1. The SMILES string of the molecule is COc1ccc2cc(C(C)C(=O)N3CCN(c4ccccn4)CC3)ccc2c1. The molecule has 1 saturated heterocycles. The zero-order chi connectivity index (χ0) is 19.5. The van der Waals surface area contributed by atoms with Crippen LogP contribution in [0, 0.1) is 0 Å². The Morgan fingerprint density at radius 1 is 1.00 bits per heavy atom. The Labute approximate surface area is 165 Å². The number of carbonyl (C=O) groups excluding carboxylic acids is 1. The van der Waals surface area contributed by atoms with E-state index in [0.29, 0.717) is 0 Å². The molecule has 5 nitrogen and oxygen atoms in total. The highest BCUT2D eigenvalue weighted by molar-refractivity contribution is 5.88. The number of hydrogen-bond acceptors (Lipinski definition) is 4. The van der Waals surface area contributed by atoms with Gasteiger partial charge in [-0.15, -0.1) is 0 Å². The van der Waals surface area contributed by atoms with Crippen molar-refractivity contribution >= 4 is 22.5 Å². The van der Waals surface area contributed by atoms with Crippen LogP contribution in [-0.2, 0) is 4.79 Å². The summed E-state index contributed by atoms with van der Waals surface area (Å²) in [5.41, 5.74) is 1.05. The average Bonchev–Trinajstić information content (AvgIpc) is 2.78. The molecule has 1 amide bonds. The Morgan fingerprint density at radius 2 is 1.75 bits per heavy atom. The maximum atomic E-state index is 13.1. The summed E-state index contributed by atoms with van der Waals surface area (Å²) in [7, 11) is 1.67. The zero-order valence-corrected chi connectivity index (χ0v) is 16.3. The highest BCUT2D eigenvalue weighted by Crippen LogP contribution is 2.26. The van der Waals surface area contributed by atoms with Crippen molar-refractivity contribution in [2.75, 3.05) is 38.2 Å². The first-order chi connectivity index (χ1) is 13.7. The third-order valence-corrected chi connectivity index (χ3v) is 5.51. The first-order valence-corrected chi connectivity index (χ1v) is 9.68. The van der Waals surface area contributed by atoms with Crippen LogP contribution in [0.1, 0.15) is 18.4 Å². The fourth-order valence-electron chi connectivity index (χ4n) is 3.75. The monoisotopic (exact) mass is 375 g/mol. The van der Waals surface area contributed by atoms with E-state index in [4.69, 9.17) is 4.74 Å². The fraction of sp³-hybridized carbons (Fsp3) is 0.304. The third kappa shape index (κ3) is 3.65. The van der Waals surface area contributed by atoms with Gasteiger partial charge in [-0.25, -0.2) is 4.98 Å². The number of rotatable bonds is 4. The molecular formula is C23H25N3O2. The summed E-state index contributed by atoms with van der Waals surface area (Å²) in [6, 6.07) is 18.2. The average molecular weight is 375 g/mol. The molecule has 2 heterocycles. The van der Waals surface area contributed by atoms with Crippen molar-refractivity contribution in [2.45, 2.75) is 12.8 Å². The van der Waals surface area contributed by atoms with Crippen molar-refractivity contribution < 1.29 is 9.53 Å². The zero-order valence-electron chi connectivity index (χ0n) is 16.3. The predicted octanol–water partition coefficient (Wildman–Crippen LogP) is 3.70. The quantitative estimate of drug-likeness (QED) is 0.698. The molecule has 4 rings (SSSR count). The van der Waals surface area contributed by atoms with Crippen LogP contribution in [0.5, 0.6) is 5.75 Å². The molecule has 1 aliphatic rings. The molecule has 1 fully saturated rings. The van der Waals surface area contributed by atoms with Crippen molar-refractivity contribution in [3.05, 3.63) is 66.4 Å². The molecule has 2 aromatic carbocycles. The number of pyridine rings is 1. The van der Waals surface area contributed by atoms with Gasteiger partial charge in [-0.1, -0.05) is 30.3 Å². The number of amides is 1. The molecule has 3 aromatic rings. The van der Waals surface area contributed by atoms with Gasteiger partial charge in [0.2, 0.25) is 5.91 Å². The van der Waals surface area contributed by atoms with Crippen LogP contribution in [0.2, 0.25) is 0 Å². The van der Waals surface area contributed by atoms with Gasteiger partial charge in [0.15, 0.2) is 0 Å². The standard InChI is InChI=1S/C23H25N3O2/c1-17(18-6-7-20-16-21(28-2)9-8-19(20)15-18)23(27)26-13-11-25(12-14-26)22-5-3-4-10-24-22/h3-10,15-17H,11-14H2,1-2H3. The molecule has 0 aliphatic carbocycles. The molecule has 1 unspecified atom stereocenters. The number of hydrogen-bond donors (Lipinski definition) is 0. The summed E-state index contributed by atoms with van der Waals surface area (Å²) in [6.45, 7) is 5.08. The molecule has 144 valence electrons. The number of piperazine rings is 1. The molecule has 1 aromatic heterocycles. The molecule has 1 atom stereocenters. The van der Waals surface area contributed by atoms with Gasteiger partial charge in [-0.05, 0) is 47.5 Å². The summed E-state index contributed by atoms with van der Waals surface area (Å²) in [5, 5.41) is 2.24. The highest BCUT2D eigenvalue weighted by atomic mass is 16.5. The minimum absolute atomic E-state index is 0.159. The highest BCUT2D eigenvalue weighted by Gasteiger charge is 2.26. The molecule has 5 heteroatoms. The Kier molecular flexibility index (Phi) is 5.15. The van der Waals surface area contributed by atoms with Crippen molar-refractivity contribution in [1.29, 1.82) is 0 Å². The largest absolute Gasteiger partial charge is 0.497 e. The molecule has 0 radical (unpaired) electrons. The Balaban J connectivity index is 1.44. The third-order valence-electron chi connectivity index (χ3n) is 5.51. The number of fused-ring (bicyclic) bond motifs is 1. The number of nitrogens with zero attached hydrogens (tertiary/aromatic N) is 3. The normalized spacial score (nSPS) is 15.5. The number of methoxy groups -OCH3 is 1. The molecule has 0 N–H and O–H groups in total. The second-order valence-electron chi connectivity index (χ2n) is 7.19. The summed E-state index contributed by atoms with van der Waals surface area (Å²) < 4.78 is 5.29. The summed E-state index contributed by atoms with van der Waals surface area (Å²) in [4.78, 5) is 21.7. The Hall–Kier alpha value is -3.08. The second-order valence-corrected chi connectivity index (χ2v) is 7.19. The van der Waals surface area contributed by atoms with E-state index in [9.17, 15) is 4.79 Å². The van der Waals surface area contributed by atoms with Crippen LogP contribution < -0.4 is 9.64 Å². The molecular weight excluding hydrogens is 350 g/mol. The second kappa shape index (κ2) is 7.89. The van der Waals surface area contributed by atoms with Crippen LogP contribution in [-0.4, -0.2) is 49.1 Å². The van der Waals surface area contributed by atoms with Crippen molar-refractivity contribution in [1.82, 2.24) is 9.88 Å². The van der Waals surface area contributed by atoms with Crippen molar-refractivity contribution in [3.63, 3.8) is 0 Å². The van der Waals surface area contributed by atoms with Gasteiger partial charge in [0.25, 0.3) is 0 Å². The van der Waals surface area contributed by atoms with Crippen molar-refractivity contribution in [3.8, 4) is 5.75 Å². The van der Waals surface area contributed by atoms with E-state index in [0.717, 1.165) is 54.1 Å². The first-order valence-electron chi connectivity index (χ1n) is 9.68. The topological polar surface area (TPSA) is 45.7 Å². The van der Waals surface area contributed by atoms with Crippen LogP contribution in [0.3, 0.4) is 0 Å². The summed E-state index contributed by atoms with van der Waals surface area (Å²) in [6.07, 6.45) is 1.81. The van der Waals surface area contributed by atoms with E-state index >= 15 is 0 Å². The van der Waals surface area contributed by atoms with Gasteiger partial charge >= 0.3 is 0 Å². The van der Waals surface area contributed by atoms with Gasteiger partial charge in [-0.2, -0.15) is 0 Å². The van der Waals surface area contributed by atoms with Gasteiger partial charge in [-0.3, -0.25) is 4.79 Å². The molecule has 0 bridgehead atoms. The van der Waals surface area contributed by atoms with Gasteiger partial charge in [0, 0.05) is 32.4 Å². The lowest BCUT2D eigenvalue weighted by Gasteiger charge is -2.36. The lowest BCUT2D eigenvalue weighted by Crippen LogP contribution is -2.50. The lowest BCUT2D eigenvalue weighted by molar-refractivity contribution is -0.132. The van der Waals surface area contributed by atoms with Gasteiger partial charge in [0.05, 0.1) is 13.0 Å². The smallest absolute Gasteiger partial charge is 0.229 e. The van der Waals surface area contributed by atoms with E-state index in [1.165, 1.54) is 0 Å². The Morgan fingerprint density at radius 3 is 2.46 bits per heavy atom. The lowest BCUT2D eigenvalue weighted by atomic mass is 9.96. The first kappa shape index (κ1) is 18.3. The van der Waals surface area contributed by atoms with E-state index in [2.05, 4.69) is 28.1 Å². The number of benzene rings is 2. The van der Waals surface area contributed by atoms with Crippen molar-refractivity contribution in [2.24, 2.45) is 0 Å². The van der Waals surface area contributed by atoms with Gasteiger partial charge < -0.3 is 14.5 Å². The van der Waals surface area contributed by atoms with Crippen LogP contribution in [0.25, 0.3) is 10.8 Å². The number of ether oxygens (including phenoxy) is 1. The van der Waals surface area contributed by atoms with Gasteiger partial charge in [0.1, 0.15) is 11.6 Å². The summed E-state index contributed by atoms with van der Waals surface area (Å²) >= 11 is 0. The van der Waals surface area contributed by atoms with Crippen LogP contribution in [0.15, 0.2) is 60.8 Å². The van der Waals surface area contributed by atoms with E-state index < -0.39 is 0 Å². The Bertz CT molecular complexity index is 966.